The molecule has 0 radical (unpaired) electrons. The van der Waals surface area contributed by atoms with Crippen LogP contribution in [0.15, 0.2) is 18.2 Å². The van der Waals surface area contributed by atoms with Gasteiger partial charge in [-0.1, -0.05) is 56.0 Å². The second-order valence-corrected chi connectivity index (χ2v) is 7.02. The van der Waals surface area contributed by atoms with Gasteiger partial charge in [0.1, 0.15) is 0 Å². The van der Waals surface area contributed by atoms with Crippen LogP contribution in [-0.2, 0) is 0 Å². The number of halogens is 2. The second-order valence-electron chi connectivity index (χ2n) is 6.17. The summed E-state index contributed by atoms with van der Waals surface area (Å²) in [6, 6.07) is 6.15. The average Bonchev–Trinajstić information content (AvgIpc) is 2.41. The largest absolute Gasteiger partial charge is 0.310 e. The summed E-state index contributed by atoms with van der Waals surface area (Å²) in [4.78, 5) is 0. The molecule has 0 amide bonds. The Balaban J connectivity index is 1.94. The minimum Gasteiger partial charge on any atom is -0.310 e. The van der Waals surface area contributed by atoms with Crippen molar-refractivity contribution < 1.29 is 0 Å². The molecule has 0 heterocycles. The average molecular weight is 314 g/mol. The van der Waals surface area contributed by atoms with E-state index >= 15 is 0 Å². The first kappa shape index (κ1) is 16.1. The molecule has 1 aromatic carbocycles. The first-order valence-electron chi connectivity index (χ1n) is 7.78. The van der Waals surface area contributed by atoms with E-state index in [2.05, 4.69) is 25.2 Å². The van der Waals surface area contributed by atoms with Gasteiger partial charge in [-0.25, -0.2) is 0 Å². The van der Waals surface area contributed by atoms with Crippen LogP contribution in [0.2, 0.25) is 10.0 Å². The molecule has 1 saturated carbocycles. The Hall–Kier alpha value is -0.240. The summed E-state index contributed by atoms with van der Waals surface area (Å²) in [6.45, 7) is 5.67. The van der Waals surface area contributed by atoms with Gasteiger partial charge in [0, 0.05) is 16.1 Å². The van der Waals surface area contributed by atoms with Gasteiger partial charge in [0.15, 0.2) is 0 Å². The maximum Gasteiger partial charge on any atom is 0.0468 e. The van der Waals surface area contributed by atoms with Crippen molar-refractivity contribution in [3.05, 3.63) is 33.8 Å². The predicted molar refractivity (Wildman–Crippen MR) is 88.6 cm³/mol. The van der Waals surface area contributed by atoms with E-state index in [0.717, 1.165) is 29.8 Å². The first-order valence-corrected chi connectivity index (χ1v) is 8.54. The van der Waals surface area contributed by atoms with Crippen LogP contribution in [0.5, 0.6) is 0 Å². The molecular formula is C17H25Cl2N. The summed E-state index contributed by atoms with van der Waals surface area (Å²) in [6.07, 6.45) is 6.55. The van der Waals surface area contributed by atoms with E-state index < -0.39 is 0 Å². The highest BCUT2D eigenvalue weighted by molar-refractivity contribution is 6.35. The zero-order chi connectivity index (χ0) is 14.5. The maximum absolute atomic E-state index is 6.32. The van der Waals surface area contributed by atoms with Crippen LogP contribution in [0, 0.1) is 11.8 Å². The van der Waals surface area contributed by atoms with Gasteiger partial charge in [-0.05, 0) is 55.3 Å². The molecule has 1 aromatic rings. The van der Waals surface area contributed by atoms with Crippen LogP contribution in [-0.4, -0.2) is 6.54 Å². The fraction of sp³-hybridized carbons (Fsp3) is 0.647. The number of nitrogens with one attached hydrogen (secondary N) is 1. The van der Waals surface area contributed by atoms with Crippen LogP contribution in [0.25, 0.3) is 0 Å². The van der Waals surface area contributed by atoms with E-state index in [1.165, 1.54) is 31.2 Å². The Labute approximate surface area is 133 Å². The van der Waals surface area contributed by atoms with Crippen molar-refractivity contribution in [3.8, 4) is 0 Å². The van der Waals surface area contributed by atoms with Crippen LogP contribution in [0.1, 0.15) is 57.6 Å². The summed E-state index contributed by atoms with van der Waals surface area (Å²) in [5.74, 6) is 1.70. The Bertz CT molecular complexity index is 433. The molecule has 1 fully saturated rings. The van der Waals surface area contributed by atoms with Crippen molar-refractivity contribution in [3.63, 3.8) is 0 Å². The van der Waals surface area contributed by atoms with Gasteiger partial charge in [0.2, 0.25) is 0 Å². The molecule has 1 aliphatic rings. The molecular weight excluding hydrogens is 289 g/mol. The van der Waals surface area contributed by atoms with Crippen molar-refractivity contribution in [2.24, 2.45) is 11.8 Å². The van der Waals surface area contributed by atoms with Gasteiger partial charge in [-0.15, -0.1) is 0 Å². The number of benzene rings is 1. The molecule has 3 heteroatoms. The van der Waals surface area contributed by atoms with E-state index in [4.69, 9.17) is 23.2 Å². The molecule has 112 valence electrons. The van der Waals surface area contributed by atoms with Crippen molar-refractivity contribution in [1.82, 2.24) is 5.32 Å². The molecule has 1 aliphatic carbocycles. The van der Waals surface area contributed by atoms with Gasteiger partial charge in [0.25, 0.3) is 0 Å². The highest BCUT2D eigenvalue weighted by atomic mass is 35.5. The number of hydrogen-bond donors (Lipinski definition) is 1. The SMILES string of the molecule is CCC(NCC1CCCC(C)C1)c1ccc(Cl)cc1Cl. The number of hydrogen-bond acceptors (Lipinski definition) is 1. The lowest BCUT2D eigenvalue weighted by Crippen LogP contribution is -2.29. The zero-order valence-electron chi connectivity index (χ0n) is 12.5. The molecule has 0 aliphatic heterocycles. The second kappa shape index (κ2) is 7.68. The van der Waals surface area contributed by atoms with Crippen molar-refractivity contribution in [1.29, 1.82) is 0 Å². The smallest absolute Gasteiger partial charge is 0.0468 e. The third-order valence-corrected chi connectivity index (χ3v) is 5.01. The highest BCUT2D eigenvalue weighted by Gasteiger charge is 2.20. The summed E-state index contributed by atoms with van der Waals surface area (Å²) in [5, 5.41) is 5.18. The van der Waals surface area contributed by atoms with Crippen LogP contribution < -0.4 is 5.32 Å². The van der Waals surface area contributed by atoms with Crippen LogP contribution in [0.3, 0.4) is 0 Å². The summed E-state index contributed by atoms with van der Waals surface area (Å²) < 4.78 is 0. The van der Waals surface area contributed by atoms with Gasteiger partial charge in [-0.2, -0.15) is 0 Å². The quantitative estimate of drug-likeness (QED) is 0.717. The Morgan fingerprint density at radius 3 is 2.75 bits per heavy atom. The van der Waals surface area contributed by atoms with E-state index in [1.54, 1.807) is 0 Å². The normalized spacial score (nSPS) is 24.6. The molecule has 3 atom stereocenters. The van der Waals surface area contributed by atoms with Crippen molar-refractivity contribution >= 4 is 23.2 Å². The molecule has 2 rings (SSSR count). The topological polar surface area (TPSA) is 12.0 Å². The monoisotopic (exact) mass is 313 g/mol. The van der Waals surface area contributed by atoms with Gasteiger partial charge >= 0.3 is 0 Å². The van der Waals surface area contributed by atoms with E-state index in [1.807, 2.05) is 12.1 Å². The molecule has 0 spiro atoms. The highest BCUT2D eigenvalue weighted by Crippen LogP contribution is 2.31. The maximum atomic E-state index is 6.32. The molecule has 3 unspecified atom stereocenters. The van der Waals surface area contributed by atoms with Gasteiger partial charge in [-0.3, -0.25) is 0 Å². The van der Waals surface area contributed by atoms with Crippen LogP contribution in [0.4, 0.5) is 0 Å². The molecule has 1 nitrogen and oxygen atoms in total. The fourth-order valence-electron chi connectivity index (χ4n) is 3.31. The molecule has 0 aromatic heterocycles. The molecule has 20 heavy (non-hydrogen) atoms. The van der Waals surface area contributed by atoms with E-state index in [-0.39, 0.29) is 0 Å². The van der Waals surface area contributed by atoms with E-state index in [9.17, 15) is 0 Å². The van der Waals surface area contributed by atoms with Gasteiger partial charge < -0.3 is 5.32 Å². The molecule has 1 N–H and O–H groups in total. The Morgan fingerprint density at radius 1 is 1.30 bits per heavy atom. The third kappa shape index (κ3) is 4.38. The van der Waals surface area contributed by atoms with E-state index in [0.29, 0.717) is 11.1 Å². The lowest BCUT2D eigenvalue weighted by Gasteiger charge is -2.29. The first-order chi connectivity index (χ1) is 9.60. The third-order valence-electron chi connectivity index (χ3n) is 4.44. The summed E-state index contributed by atoms with van der Waals surface area (Å²) in [5.41, 5.74) is 1.17. The minimum atomic E-state index is 0.331. The van der Waals surface area contributed by atoms with Crippen molar-refractivity contribution in [2.75, 3.05) is 6.54 Å². The van der Waals surface area contributed by atoms with Crippen molar-refractivity contribution in [2.45, 2.75) is 52.0 Å². The predicted octanol–water partition coefficient (Wildman–Crippen LogP) is 5.86. The van der Waals surface area contributed by atoms with Crippen LogP contribution >= 0.6 is 23.2 Å². The summed E-state index contributed by atoms with van der Waals surface area (Å²) in [7, 11) is 0. The summed E-state index contributed by atoms with van der Waals surface area (Å²) >= 11 is 12.3. The zero-order valence-corrected chi connectivity index (χ0v) is 14.0. The van der Waals surface area contributed by atoms with Gasteiger partial charge in [0.05, 0.1) is 0 Å². The standard InChI is InChI=1S/C17H25Cl2N/c1-3-17(15-8-7-14(18)10-16(15)19)20-11-13-6-4-5-12(2)9-13/h7-8,10,12-13,17,20H,3-6,9,11H2,1-2H3. The molecule has 0 saturated heterocycles. The Morgan fingerprint density at radius 2 is 2.10 bits per heavy atom. The minimum absolute atomic E-state index is 0.331. The molecule has 0 bridgehead atoms. The Kier molecular flexibility index (Phi) is 6.20. The number of rotatable bonds is 5. The lowest BCUT2D eigenvalue weighted by atomic mass is 9.82. The lowest BCUT2D eigenvalue weighted by molar-refractivity contribution is 0.266. The fourth-order valence-corrected chi connectivity index (χ4v) is 3.85.